The highest BCUT2D eigenvalue weighted by Crippen LogP contribution is 2.45. The van der Waals surface area contributed by atoms with Crippen LogP contribution in [0.3, 0.4) is 0 Å². The minimum Gasteiger partial charge on any atom is -0.297 e. The van der Waals surface area contributed by atoms with E-state index in [2.05, 4.69) is 74.3 Å². The van der Waals surface area contributed by atoms with Crippen molar-refractivity contribution in [2.75, 3.05) is 7.05 Å². The lowest BCUT2D eigenvalue weighted by atomic mass is 9.72. The van der Waals surface area contributed by atoms with Crippen molar-refractivity contribution in [2.45, 2.75) is 92.7 Å². The minimum absolute atomic E-state index is 0.443. The smallest absolute Gasteiger partial charge is 0.0470 e. The van der Waals surface area contributed by atoms with Gasteiger partial charge in [-0.15, -0.1) is 0 Å². The lowest BCUT2D eigenvalue weighted by Crippen LogP contribution is -2.40. The van der Waals surface area contributed by atoms with Crippen LogP contribution < -0.4 is 0 Å². The second-order valence-electron chi connectivity index (χ2n) is 8.84. The summed E-state index contributed by atoms with van der Waals surface area (Å²) >= 11 is 0. The van der Waals surface area contributed by atoms with E-state index < -0.39 is 0 Å². The Kier molecular flexibility index (Phi) is 5.79. The fraction of sp³-hybridized carbons (Fsp3) is 0.773. The van der Waals surface area contributed by atoms with Gasteiger partial charge < -0.3 is 0 Å². The van der Waals surface area contributed by atoms with E-state index in [0.29, 0.717) is 35.8 Å². The molecule has 1 unspecified atom stereocenters. The third-order valence-electron chi connectivity index (χ3n) is 6.64. The number of hydrogen-bond donors (Lipinski definition) is 0. The molecule has 0 amide bonds. The molecular formula is C22H38N2. The Morgan fingerprint density at radius 2 is 1.58 bits per heavy atom. The first-order valence-electron chi connectivity index (χ1n) is 9.80. The average molecular weight is 331 g/mol. The summed E-state index contributed by atoms with van der Waals surface area (Å²) in [4.78, 5) is 7.66. The molecule has 2 nitrogen and oxygen atoms in total. The topological polar surface area (TPSA) is 16.1 Å². The molecule has 1 aromatic heterocycles. The quantitative estimate of drug-likeness (QED) is 0.663. The summed E-state index contributed by atoms with van der Waals surface area (Å²) in [5.74, 6) is 2.43. The highest BCUT2D eigenvalue weighted by atomic mass is 15.2. The number of nitrogens with zero attached hydrogens (tertiary/aromatic N) is 2. The van der Waals surface area contributed by atoms with Gasteiger partial charge in [-0.05, 0) is 81.5 Å². The van der Waals surface area contributed by atoms with Gasteiger partial charge in [-0.2, -0.15) is 0 Å². The van der Waals surface area contributed by atoms with Crippen LogP contribution >= 0.6 is 0 Å². The van der Waals surface area contributed by atoms with Gasteiger partial charge in [0.15, 0.2) is 0 Å². The fourth-order valence-corrected chi connectivity index (χ4v) is 4.51. The molecule has 1 aromatic rings. The predicted molar refractivity (Wildman–Crippen MR) is 105 cm³/mol. The fourth-order valence-electron chi connectivity index (χ4n) is 4.51. The minimum atomic E-state index is 0.443. The molecular weight excluding hydrogens is 292 g/mol. The van der Waals surface area contributed by atoms with Gasteiger partial charge in [-0.1, -0.05) is 34.6 Å². The van der Waals surface area contributed by atoms with Gasteiger partial charge in [0.1, 0.15) is 0 Å². The van der Waals surface area contributed by atoms with Gasteiger partial charge in [0, 0.05) is 23.5 Å². The highest BCUT2D eigenvalue weighted by molar-refractivity contribution is 5.45. The zero-order valence-electron chi connectivity index (χ0n) is 17.6. The van der Waals surface area contributed by atoms with Crippen molar-refractivity contribution in [2.24, 2.45) is 11.8 Å². The van der Waals surface area contributed by atoms with E-state index in [4.69, 9.17) is 4.98 Å². The zero-order chi connectivity index (χ0) is 18.3. The summed E-state index contributed by atoms with van der Waals surface area (Å²) in [5, 5.41) is 0. The molecule has 2 heterocycles. The lowest BCUT2D eigenvalue weighted by Gasteiger charge is -2.43. The second-order valence-corrected chi connectivity index (χ2v) is 8.84. The molecule has 0 bridgehead atoms. The molecule has 0 aromatic carbocycles. The molecule has 0 spiro atoms. The standard InChI is InChI=1S/C22H38N2/c1-12(2)19-11-14(5)17(8)24(10)18(9)20-15(6)16(7)23-22(13(3)4)21(19)20/h12-14,17-19H,11H2,1-10H3/t14-,17-,18+,19?/m1/s1. The largest absolute Gasteiger partial charge is 0.297 e. The Labute approximate surface area is 150 Å². The monoisotopic (exact) mass is 330 g/mol. The Hall–Kier alpha value is -0.890. The van der Waals surface area contributed by atoms with Gasteiger partial charge in [0.05, 0.1) is 0 Å². The lowest BCUT2D eigenvalue weighted by molar-refractivity contribution is 0.128. The number of rotatable bonds is 2. The van der Waals surface area contributed by atoms with Crippen LogP contribution in [0.1, 0.15) is 101 Å². The first-order chi connectivity index (χ1) is 11.1. The Balaban J connectivity index is 2.83. The van der Waals surface area contributed by atoms with Crippen molar-refractivity contribution in [3.05, 3.63) is 28.1 Å². The molecule has 0 aliphatic carbocycles. The summed E-state index contributed by atoms with van der Waals surface area (Å²) in [6, 6.07) is 1.04. The molecule has 2 heteroatoms. The number of aromatic nitrogens is 1. The molecule has 1 aliphatic heterocycles. The number of pyridine rings is 1. The van der Waals surface area contributed by atoms with Crippen LogP contribution in [-0.2, 0) is 0 Å². The first kappa shape index (κ1) is 19.4. The molecule has 136 valence electrons. The summed E-state index contributed by atoms with van der Waals surface area (Å²) in [7, 11) is 2.30. The van der Waals surface area contributed by atoms with Crippen molar-refractivity contribution in [1.29, 1.82) is 0 Å². The van der Waals surface area contributed by atoms with Crippen LogP contribution in [0.2, 0.25) is 0 Å². The molecule has 24 heavy (non-hydrogen) atoms. The van der Waals surface area contributed by atoms with Crippen LogP contribution in [-0.4, -0.2) is 23.0 Å². The molecule has 1 aliphatic rings. The normalized spacial score (nSPS) is 28.8. The van der Waals surface area contributed by atoms with Gasteiger partial charge in [-0.25, -0.2) is 0 Å². The molecule has 0 radical (unpaired) electrons. The van der Waals surface area contributed by atoms with Crippen molar-refractivity contribution in [1.82, 2.24) is 9.88 Å². The summed E-state index contributed by atoms with van der Waals surface area (Å²) < 4.78 is 0. The van der Waals surface area contributed by atoms with E-state index in [0.717, 1.165) is 0 Å². The maximum Gasteiger partial charge on any atom is 0.0470 e. The molecule has 0 N–H and O–H groups in total. The molecule has 2 rings (SSSR count). The van der Waals surface area contributed by atoms with E-state index >= 15 is 0 Å². The Bertz CT molecular complexity index is 588. The van der Waals surface area contributed by atoms with Crippen LogP contribution in [0.5, 0.6) is 0 Å². The van der Waals surface area contributed by atoms with Crippen molar-refractivity contribution < 1.29 is 0 Å². The Morgan fingerprint density at radius 1 is 1.00 bits per heavy atom. The van der Waals surface area contributed by atoms with Crippen LogP contribution in [0.25, 0.3) is 0 Å². The SMILES string of the molecule is Cc1nc(C(C)C)c2c(c1C)[C@H](C)N(C)[C@H](C)[C@H](C)CC2C(C)C. The zero-order valence-corrected chi connectivity index (χ0v) is 17.6. The van der Waals surface area contributed by atoms with E-state index in [9.17, 15) is 0 Å². The highest BCUT2D eigenvalue weighted by Gasteiger charge is 2.36. The number of aryl methyl sites for hydroxylation is 1. The van der Waals surface area contributed by atoms with E-state index in [1.807, 2.05) is 0 Å². The van der Waals surface area contributed by atoms with Gasteiger partial charge >= 0.3 is 0 Å². The average Bonchev–Trinajstić information content (AvgIpc) is 2.51. The third-order valence-corrected chi connectivity index (χ3v) is 6.64. The number of hydrogen-bond acceptors (Lipinski definition) is 2. The maximum absolute atomic E-state index is 5.08. The van der Waals surface area contributed by atoms with E-state index in [1.165, 1.54) is 23.4 Å². The second kappa shape index (κ2) is 7.15. The summed E-state index contributed by atoms with van der Waals surface area (Å²) in [6.07, 6.45) is 1.26. The van der Waals surface area contributed by atoms with Gasteiger partial charge in [0.2, 0.25) is 0 Å². The van der Waals surface area contributed by atoms with Crippen LogP contribution in [0.15, 0.2) is 0 Å². The van der Waals surface area contributed by atoms with E-state index in [-0.39, 0.29) is 0 Å². The third kappa shape index (κ3) is 3.27. The molecule has 0 saturated carbocycles. The van der Waals surface area contributed by atoms with Crippen LogP contribution in [0, 0.1) is 25.7 Å². The molecule has 0 fully saturated rings. The Morgan fingerprint density at radius 3 is 2.08 bits per heavy atom. The number of fused-ring (bicyclic) bond motifs is 1. The molecule has 4 atom stereocenters. The maximum atomic E-state index is 5.08. The molecule has 0 saturated heterocycles. The van der Waals surface area contributed by atoms with Gasteiger partial charge in [-0.3, -0.25) is 9.88 Å². The summed E-state index contributed by atoms with van der Waals surface area (Å²) in [6.45, 7) is 21.1. The van der Waals surface area contributed by atoms with Crippen molar-refractivity contribution in [3.8, 4) is 0 Å². The van der Waals surface area contributed by atoms with E-state index in [1.54, 1.807) is 11.1 Å². The van der Waals surface area contributed by atoms with Gasteiger partial charge in [0.25, 0.3) is 0 Å². The van der Waals surface area contributed by atoms with Crippen LogP contribution in [0.4, 0.5) is 0 Å². The van der Waals surface area contributed by atoms with Crippen molar-refractivity contribution in [3.63, 3.8) is 0 Å². The van der Waals surface area contributed by atoms with Crippen molar-refractivity contribution >= 4 is 0 Å². The predicted octanol–water partition coefficient (Wildman–Crippen LogP) is 5.98. The summed E-state index contributed by atoms with van der Waals surface area (Å²) in [5.41, 5.74) is 7.09. The first-order valence-corrected chi connectivity index (χ1v) is 9.80.